The first kappa shape index (κ1) is 24.2. The minimum Gasteiger partial charge on any atom is -0.495 e. The van der Waals surface area contributed by atoms with Crippen molar-refractivity contribution in [3.05, 3.63) is 66.7 Å². The summed E-state index contributed by atoms with van der Waals surface area (Å²) in [4.78, 5) is 29.1. The number of nitrogens with zero attached hydrogens (tertiary/aromatic N) is 2. The average Bonchev–Trinajstić information content (AvgIpc) is 2.82. The van der Waals surface area contributed by atoms with E-state index in [1.54, 1.807) is 46.2 Å². The van der Waals surface area contributed by atoms with Crippen LogP contribution in [0, 0.1) is 0 Å². The summed E-state index contributed by atoms with van der Waals surface area (Å²) in [5, 5.41) is 8.10. The number of benzene rings is 3. The van der Waals surface area contributed by atoms with Gasteiger partial charge >= 0.3 is 6.03 Å². The van der Waals surface area contributed by atoms with Gasteiger partial charge in [-0.05, 0) is 54.4 Å². The molecular formula is C25H26N4O5S. The molecule has 0 spiro atoms. The SMILES string of the molecule is COc1ccccc1NC(=O)N1C[C@H](C)N(C(C)=O)c2ccc(-c3ccc(S(N)(=O)=O)cc3)cc21. The maximum absolute atomic E-state index is 13.4. The molecule has 1 aliphatic heterocycles. The fraction of sp³-hybridized carbons (Fsp3) is 0.200. The summed E-state index contributed by atoms with van der Waals surface area (Å²) in [6, 6.07) is 18.1. The van der Waals surface area contributed by atoms with Crippen LogP contribution < -0.4 is 25.0 Å². The molecule has 3 N–H and O–H groups in total. The van der Waals surface area contributed by atoms with E-state index in [4.69, 9.17) is 9.88 Å². The Labute approximate surface area is 204 Å². The Balaban J connectivity index is 1.76. The second-order valence-corrected chi connectivity index (χ2v) is 9.81. The number of amides is 3. The highest BCUT2D eigenvalue weighted by molar-refractivity contribution is 7.89. The predicted molar refractivity (Wildman–Crippen MR) is 135 cm³/mol. The van der Waals surface area contributed by atoms with Crippen LogP contribution in [-0.2, 0) is 14.8 Å². The molecular weight excluding hydrogens is 468 g/mol. The molecule has 1 atom stereocenters. The van der Waals surface area contributed by atoms with Gasteiger partial charge in [-0.1, -0.05) is 30.3 Å². The van der Waals surface area contributed by atoms with E-state index in [1.165, 1.54) is 26.2 Å². The molecule has 0 aliphatic carbocycles. The van der Waals surface area contributed by atoms with E-state index in [1.807, 2.05) is 25.1 Å². The molecule has 10 heteroatoms. The van der Waals surface area contributed by atoms with Crippen LogP contribution in [0.3, 0.4) is 0 Å². The van der Waals surface area contributed by atoms with Crippen LogP contribution in [0.2, 0.25) is 0 Å². The van der Waals surface area contributed by atoms with Crippen LogP contribution in [0.25, 0.3) is 11.1 Å². The lowest BCUT2D eigenvalue weighted by Gasteiger charge is -2.41. The first-order chi connectivity index (χ1) is 16.6. The van der Waals surface area contributed by atoms with Crippen molar-refractivity contribution in [3.8, 4) is 16.9 Å². The number of carbonyl (C=O) groups excluding carboxylic acids is 2. The number of carbonyl (C=O) groups is 2. The summed E-state index contributed by atoms with van der Waals surface area (Å²) in [6.07, 6.45) is 0. The lowest BCUT2D eigenvalue weighted by atomic mass is 10.0. The third-order valence-electron chi connectivity index (χ3n) is 5.86. The molecule has 3 aromatic rings. The van der Waals surface area contributed by atoms with Crippen molar-refractivity contribution < 1.29 is 22.7 Å². The normalized spacial score (nSPS) is 15.4. The Morgan fingerprint density at radius 1 is 1.00 bits per heavy atom. The number of nitrogens with one attached hydrogen (secondary N) is 1. The van der Waals surface area contributed by atoms with Crippen molar-refractivity contribution in [2.24, 2.45) is 5.14 Å². The Bertz CT molecular complexity index is 1390. The molecule has 0 aromatic heterocycles. The fourth-order valence-electron chi connectivity index (χ4n) is 4.24. The van der Waals surface area contributed by atoms with Gasteiger partial charge in [-0.15, -0.1) is 0 Å². The number of fused-ring (bicyclic) bond motifs is 1. The topological polar surface area (TPSA) is 122 Å². The molecule has 182 valence electrons. The van der Waals surface area contributed by atoms with Crippen LogP contribution in [0.4, 0.5) is 21.9 Å². The number of hydrogen-bond acceptors (Lipinski definition) is 5. The third-order valence-corrected chi connectivity index (χ3v) is 6.79. The number of nitrogens with two attached hydrogens (primary N) is 1. The Morgan fingerprint density at radius 2 is 1.66 bits per heavy atom. The van der Waals surface area contributed by atoms with Gasteiger partial charge in [0, 0.05) is 13.5 Å². The largest absolute Gasteiger partial charge is 0.495 e. The van der Waals surface area contributed by atoms with Crippen LogP contribution in [0.1, 0.15) is 13.8 Å². The van der Waals surface area contributed by atoms with Crippen LogP contribution >= 0.6 is 0 Å². The van der Waals surface area contributed by atoms with E-state index in [-0.39, 0.29) is 29.4 Å². The molecule has 0 radical (unpaired) electrons. The highest BCUT2D eigenvalue weighted by Crippen LogP contribution is 2.39. The van der Waals surface area contributed by atoms with Crippen molar-refractivity contribution >= 4 is 39.0 Å². The molecule has 3 amide bonds. The number of methoxy groups -OCH3 is 1. The highest BCUT2D eigenvalue weighted by atomic mass is 32.2. The quantitative estimate of drug-likeness (QED) is 0.571. The van der Waals surface area contributed by atoms with Gasteiger partial charge in [-0.3, -0.25) is 9.69 Å². The summed E-state index contributed by atoms with van der Waals surface area (Å²) in [7, 11) is -2.28. The van der Waals surface area contributed by atoms with Gasteiger partial charge in [-0.2, -0.15) is 0 Å². The molecule has 3 aromatic carbocycles. The zero-order valence-electron chi connectivity index (χ0n) is 19.6. The zero-order chi connectivity index (χ0) is 25.3. The molecule has 0 saturated heterocycles. The number of rotatable bonds is 4. The minimum absolute atomic E-state index is 0.00797. The maximum Gasteiger partial charge on any atom is 0.326 e. The van der Waals surface area contributed by atoms with Gasteiger partial charge in [0.2, 0.25) is 15.9 Å². The molecule has 35 heavy (non-hydrogen) atoms. The van der Waals surface area contributed by atoms with E-state index in [9.17, 15) is 18.0 Å². The summed E-state index contributed by atoms with van der Waals surface area (Å²) in [6.45, 7) is 3.65. The second kappa shape index (κ2) is 9.40. The summed E-state index contributed by atoms with van der Waals surface area (Å²) < 4.78 is 28.5. The van der Waals surface area contributed by atoms with Gasteiger partial charge in [0.05, 0.1) is 35.1 Å². The van der Waals surface area contributed by atoms with Crippen molar-refractivity contribution in [3.63, 3.8) is 0 Å². The number of para-hydroxylation sites is 2. The van der Waals surface area contributed by atoms with E-state index in [0.717, 1.165) is 11.1 Å². The molecule has 0 bridgehead atoms. The molecule has 4 rings (SSSR count). The molecule has 9 nitrogen and oxygen atoms in total. The maximum atomic E-state index is 13.4. The lowest BCUT2D eigenvalue weighted by molar-refractivity contribution is -0.117. The highest BCUT2D eigenvalue weighted by Gasteiger charge is 2.34. The van der Waals surface area contributed by atoms with Crippen molar-refractivity contribution in [1.82, 2.24) is 0 Å². The lowest BCUT2D eigenvalue weighted by Crippen LogP contribution is -2.52. The molecule has 1 aliphatic rings. The Hall–Kier alpha value is -3.89. The predicted octanol–water partition coefficient (Wildman–Crippen LogP) is 3.80. The van der Waals surface area contributed by atoms with Crippen LogP contribution in [0.5, 0.6) is 5.75 Å². The van der Waals surface area contributed by atoms with Crippen LogP contribution in [-0.4, -0.2) is 40.1 Å². The number of ether oxygens (including phenoxy) is 1. The smallest absolute Gasteiger partial charge is 0.326 e. The number of anilines is 3. The first-order valence-electron chi connectivity index (χ1n) is 10.9. The number of sulfonamides is 1. The monoisotopic (exact) mass is 494 g/mol. The first-order valence-corrected chi connectivity index (χ1v) is 12.4. The minimum atomic E-state index is -3.81. The van der Waals surface area contributed by atoms with Gasteiger partial charge in [0.1, 0.15) is 5.75 Å². The zero-order valence-corrected chi connectivity index (χ0v) is 20.4. The van der Waals surface area contributed by atoms with Gasteiger partial charge in [0.25, 0.3) is 0 Å². The summed E-state index contributed by atoms with van der Waals surface area (Å²) in [5.74, 6) is 0.397. The van der Waals surface area contributed by atoms with E-state index in [2.05, 4.69) is 5.32 Å². The third kappa shape index (κ3) is 4.84. The number of hydrogen-bond donors (Lipinski definition) is 2. The summed E-state index contributed by atoms with van der Waals surface area (Å²) >= 11 is 0. The Kier molecular flexibility index (Phi) is 6.51. The Morgan fingerprint density at radius 3 is 2.29 bits per heavy atom. The number of primary sulfonamides is 1. The van der Waals surface area contributed by atoms with Gasteiger partial charge < -0.3 is 15.0 Å². The van der Waals surface area contributed by atoms with E-state index < -0.39 is 10.0 Å². The second-order valence-electron chi connectivity index (χ2n) is 8.25. The van der Waals surface area contributed by atoms with Crippen LogP contribution in [0.15, 0.2) is 71.6 Å². The molecule has 1 heterocycles. The van der Waals surface area contributed by atoms with Crippen molar-refractivity contribution in [2.75, 3.05) is 28.8 Å². The van der Waals surface area contributed by atoms with E-state index >= 15 is 0 Å². The average molecular weight is 495 g/mol. The summed E-state index contributed by atoms with van der Waals surface area (Å²) in [5.41, 5.74) is 3.17. The number of urea groups is 1. The van der Waals surface area contributed by atoms with Crippen molar-refractivity contribution in [2.45, 2.75) is 24.8 Å². The fourth-order valence-corrected chi connectivity index (χ4v) is 4.76. The van der Waals surface area contributed by atoms with Crippen molar-refractivity contribution in [1.29, 1.82) is 0 Å². The molecule has 0 fully saturated rings. The van der Waals surface area contributed by atoms with Gasteiger partial charge in [0.15, 0.2) is 0 Å². The standard InChI is InChI=1S/C25H26N4O5S/c1-16-15-28(25(31)27-21-6-4-5-7-24(21)34-3)23-14-19(10-13-22(23)29(16)17(2)30)18-8-11-20(12-9-18)35(26,32)33/h4-14,16H,15H2,1-3H3,(H,27,31)(H2,26,32,33)/t16-/m0/s1. The molecule has 0 unspecified atom stereocenters. The van der Waals surface area contributed by atoms with Gasteiger partial charge in [-0.25, -0.2) is 18.4 Å². The molecule has 0 saturated carbocycles. The van der Waals surface area contributed by atoms with E-state index in [0.29, 0.717) is 22.8 Å².